The number of rotatable bonds is 4. The lowest BCUT2D eigenvalue weighted by molar-refractivity contribution is 0.0931. The number of carbonyl (C=O) groups excluding carboxylic acids is 1. The van der Waals surface area contributed by atoms with Crippen molar-refractivity contribution in [2.45, 2.75) is 38.6 Å². The first-order chi connectivity index (χ1) is 9.63. The maximum absolute atomic E-state index is 12.1. The van der Waals surface area contributed by atoms with Crippen molar-refractivity contribution >= 4 is 5.91 Å². The minimum Gasteiger partial charge on any atom is -0.340 e. The quantitative estimate of drug-likeness (QED) is 0.908. The molecule has 20 heavy (non-hydrogen) atoms. The highest BCUT2D eigenvalue weighted by Crippen LogP contribution is 2.37. The molecule has 0 radical (unpaired) electrons. The van der Waals surface area contributed by atoms with E-state index in [0.29, 0.717) is 23.2 Å². The van der Waals surface area contributed by atoms with Crippen LogP contribution in [0.2, 0.25) is 0 Å². The molecule has 0 spiro atoms. The molecule has 1 N–H and O–H groups in total. The molecule has 7 heteroatoms. The zero-order valence-electron chi connectivity index (χ0n) is 11.3. The molecule has 104 valence electrons. The van der Waals surface area contributed by atoms with Crippen LogP contribution in [0.4, 0.5) is 0 Å². The van der Waals surface area contributed by atoms with Crippen LogP contribution in [0.3, 0.4) is 0 Å². The second-order valence-corrected chi connectivity index (χ2v) is 4.98. The van der Waals surface area contributed by atoms with Crippen molar-refractivity contribution in [3.63, 3.8) is 0 Å². The van der Waals surface area contributed by atoms with Crippen molar-refractivity contribution in [2.75, 3.05) is 0 Å². The molecule has 1 aliphatic rings. The molecule has 3 rings (SSSR count). The highest BCUT2D eigenvalue weighted by Gasteiger charge is 2.26. The van der Waals surface area contributed by atoms with E-state index in [1.165, 1.54) is 0 Å². The highest BCUT2D eigenvalue weighted by molar-refractivity contribution is 5.93. The van der Waals surface area contributed by atoms with Gasteiger partial charge in [-0.3, -0.25) is 4.79 Å². The van der Waals surface area contributed by atoms with Gasteiger partial charge < -0.3 is 9.84 Å². The van der Waals surface area contributed by atoms with Gasteiger partial charge in [-0.15, -0.1) is 0 Å². The normalized spacial score (nSPS) is 15.9. The Kier molecular flexibility index (Phi) is 3.17. The van der Waals surface area contributed by atoms with E-state index in [1.54, 1.807) is 26.2 Å². The molecule has 1 aliphatic carbocycles. The van der Waals surface area contributed by atoms with Crippen LogP contribution >= 0.6 is 0 Å². The monoisotopic (exact) mass is 273 g/mol. The van der Waals surface area contributed by atoms with Crippen LogP contribution in [0.1, 0.15) is 59.6 Å². The smallest absolute Gasteiger partial charge is 0.255 e. The minimum absolute atomic E-state index is 0.254. The summed E-state index contributed by atoms with van der Waals surface area (Å²) in [6, 6.07) is -0.355. The molecule has 1 amide bonds. The van der Waals surface area contributed by atoms with Crippen molar-refractivity contribution in [3.8, 4) is 0 Å². The number of hydrogen-bond acceptors (Lipinski definition) is 6. The Bertz CT molecular complexity index is 618. The summed E-state index contributed by atoms with van der Waals surface area (Å²) in [5.41, 5.74) is 0.428. The van der Waals surface area contributed by atoms with Gasteiger partial charge in [0.05, 0.1) is 5.56 Å². The number of amides is 1. The lowest BCUT2D eigenvalue weighted by atomic mass is 10.2. The van der Waals surface area contributed by atoms with Crippen LogP contribution in [0, 0.1) is 6.92 Å². The lowest BCUT2D eigenvalue weighted by Gasteiger charge is -2.09. The number of nitrogens with zero attached hydrogens (tertiary/aromatic N) is 4. The van der Waals surface area contributed by atoms with E-state index >= 15 is 0 Å². The van der Waals surface area contributed by atoms with Gasteiger partial charge in [0, 0.05) is 18.3 Å². The Morgan fingerprint density at radius 2 is 2.10 bits per heavy atom. The number of carbonyl (C=O) groups is 1. The van der Waals surface area contributed by atoms with E-state index in [4.69, 9.17) is 4.52 Å². The zero-order chi connectivity index (χ0) is 14.1. The first-order valence-electron chi connectivity index (χ1n) is 6.56. The first-order valence-corrected chi connectivity index (χ1v) is 6.56. The van der Waals surface area contributed by atoms with Crippen molar-refractivity contribution in [1.82, 2.24) is 25.4 Å². The Labute approximate surface area is 115 Å². The van der Waals surface area contributed by atoms with Gasteiger partial charge in [-0.25, -0.2) is 9.97 Å². The zero-order valence-corrected chi connectivity index (χ0v) is 11.3. The third kappa shape index (κ3) is 2.66. The Hall–Kier alpha value is -2.31. The van der Waals surface area contributed by atoms with Gasteiger partial charge in [0.25, 0.3) is 5.91 Å². The third-order valence-corrected chi connectivity index (χ3v) is 3.14. The Balaban J connectivity index is 1.66. The summed E-state index contributed by atoms with van der Waals surface area (Å²) in [6.07, 6.45) is 5.39. The van der Waals surface area contributed by atoms with Crippen LogP contribution in [-0.4, -0.2) is 26.0 Å². The highest BCUT2D eigenvalue weighted by atomic mass is 16.5. The van der Waals surface area contributed by atoms with Gasteiger partial charge in [0.1, 0.15) is 11.9 Å². The second kappa shape index (κ2) is 4.99. The largest absolute Gasteiger partial charge is 0.340 e. The fourth-order valence-corrected chi connectivity index (χ4v) is 1.84. The molecule has 0 aromatic carbocycles. The second-order valence-electron chi connectivity index (χ2n) is 4.98. The summed E-state index contributed by atoms with van der Waals surface area (Å²) in [7, 11) is 0. The standard InChI is InChI=1S/C13H15N5O2/c1-7(13-17-8(2)18-20-13)16-12(19)10-5-14-11(15-6-10)9-3-4-9/h5-7,9H,3-4H2,1-2H3,(H,16,19). The fraction of sp³-hybridized carbons (Fsp3) is 0.462. The van der Waals surface area contributed by atoms with Crippen LogP contribution < -0.4 is 5.32 Å². The topological polar surface area (TPSA) is 93.8 Å². The Morgan fingerprint density at radius 3 is 2.65 bits per heavy atom. The van der Waals surface area contributed by atoms with Gasteiger partial charge >= 0.3 is 0 Å². The number of nitrogens with one attached hydrogen (secondary N) is 1. The molecule has 0 bridgehead atoms. The fourth-order valence-electron chi connectivity index (χ4n) is 1.84. The predicted octanol–water partition coefficient (Wildman–Crippen LogP) is 1.54. The molecular weight excluding hydrogens is 258 g/mol. The molecule has 0 saturated heterocycles. The average Bonchev–Trinajstić information content (AvgIpc) is 3.20. The molecule has 0 aliphatic heterocycles. The van der Waals surface area contributed by atoms with E-state index in [1.807, 2.05) is 0 Å². The van der Waals surface area contributed by atoms with Gasteiger partial charge in [0.15, 0.2) is 5.82 Å². The van der Waals surface area contributed by atoms with E-state index < -0.39 is 0 Å². The average molecular weight is 273 g/mol. The van der Waals surface area contributed by atoms with Crippen LogP contribution in [0.25, 0.3) is 0 Å². The molecule has 7 nitrogen and oxygen atoms in total. The van der Waals surface area contributed by atoms with Crippen molar-refractivity contribution in [1.29, 1.82) is 0 Å². The lowest BCUT2D eigenvalue weighted by Crippen LogP contribution is -2.27. The molecule has 1 atom stereocenters. The maximum Gasteiger partial charge on any atom is 0.255 e. The van der Waals surface area contributed by atoms with Crippen molar-refractivity contribution in [2.24, 2.45) is 0 Å². The predicted molar refractivity (Wildman–Crippen MR) is 68.9 cm³/mol. The van der Waals surface area contributed by atoms with Crippen LogP contribution in [-0.2, 0) is 0 Å². The van der Waals surface area contributed by atoms with Gasteiger partial charge in [0.2, 0.25) is 5.89 Å². The molecule has 1 fully saturated rings. The van der Waals surface area contributed by atoms with E-state index in [2.05, 4.69) is 25.4 Å². The van der Waals surface area contributed by atoms with Crippen LogP contribution in [0.15, 0.2) is 16.9 Å². The van der Waals surface area contributed by atoms with E-state index in [0.717, 1.165) is 18.7 Å². The number of hydrogen-bond donors (Lipinski definition) is 1. The molecule has 1 saturated carbocycles. The number of aryl methyl sites for hydroxylation is 1. The minimum atomic E-state index is -0.355. The molecule has 1 unspecified atom stereocenters. The van der Waals surface area contributed by atoms with E-state index in [-0.39, 0.29) is 11.9 Å². The molecule has 2 aromatic heterocycles. The van der Waals surface area contributed by atoms with Crippen molar-refractivity contribution in [3.05, 3.63) is 35.5 Å². The van der Waals surface area contributed by atoms with Crippen LogP contribution in [0.5, 0.6) is 0 Å². The molecule has 2 heterocycles. The summed E-state index contributed by atoms with van der Waals surface area (Å²) in [6.45, 7) is 3.51. The summed E-state index contributed by atoms with van der Waals surface area (Å²) in [5, 5.41) is 6.47. The van der Waals surface area contributed by atoms with Gasteiger partial charge in [-0.1, -0.05) is 5.16 Å². The maximum atomic E-state index is 12.1. The first kappa shape index (κ1) is 12.7. The number of aromatic nitrogens is 4. The van der Waals surface area contributed by atoms with Gasteiger partial charge in [-0.2, -0.15) is 4.98 Å². The summed E-state index contributed by atoms with van der Waals surface area (Å²) < 4.78 is 5.01. The third-order valence-electron chi connectivity index (χ3n) is 3.14. The summed E-state index contributed by atoms with van der Waals surface area (Å²) in [5.74, 6) is 1.97. The van der Waals surface area contributed by atoms with E-state index in [9.17, 15) is 4.79 Å². The molecule has 2 aromatic rings. The van der Waals surface area contributed by atoms with Gasteiger partial charge in [-0.05, 0) is 26.7 Å². The summed E-state index contributed by atoms with van der Waals surface area (Å²) >= 11 is 0. The summed E-state index contributed by atoms with van der Waals surface area (Å²) in [4.78, 5) is 24.6. The van der Waals surface area contributed by atoms with Crippen molar-refractivity contribution < 1.29 is 9.32 Å². The SMILES string of the molecule is Cc1noc(C(C)NC(=O)c2cnc(C3CC3)nc2)n1. The molecular formula is C13H15N5O2. The Morgan fingerprint density at radius 1 is 1.40 bits per heavy atom.